The number of nitrogens with zero attached hydrogens (tertiary/aromatic N) is 1. The van der Waals surface area contributed by atoms with Gasteiger partial charge in [-0.25, -0.2) is 4.79 Å². The highest BCUT2D eigenvalue weighted by Crippen LogP contribution is 2.13. The number of amides is 8. The van der Waals surface area contributed by atoms with E-state index >= 15 is 0 Å². The minimum absolute atomic E-state index is 0.0108. The van der Waals surface area contributed by atoms with E-state index in [0.29, 0.717) is 38.5 Å². The molecule has 0 saturated carbocycles. The molecule has 0 spiro atoms. The number of nitrogens with one attached hydrogen (secondary N) is 5. The highest BCUT2D eigenvalue weighted by Gasteiger charge is 2.29. The SMILES string of the molecule is CC(=O)OCc1ccc(NC(=O)[C@H](CCCNC(N)=O)NC(=O)C(NC(=O)CCOCCOCCOCCOCCNC(=O)CCN2C(=O)C=CC2=O)C(C)C)cc1. The monoisotopic (exact) mass is 819 g/mol. The summed E-state index contributed by atoms with van der Waals surface area (Å²) in [6.45, 7) is 7.51. The summed E-state index contributed by atoms with van der Waals surface area (Å²) in [5.74, 6) is -3.37. The zero-order valence-corrected chi connectivity index (χ0v) is 33.3. The fourth-order valence-corrected chi connectivity index (χ4v) is 5.07. The third-order valence-corrected chi connectivity index (χ3v) is 8.15. The highest BCUT2D eigenvalue weighted by atomic mass is 16.6. The molecule has 2 rings (SSSR count). The van der Waals surface area contributed by atoms with Crippen molar-refractivity contribution in [3.8, 4) is 0 Å². The number of rotatable bonds is 30. The number of hydrogen-bond acceptors (Lipinski definition) is 13. The fraction of sp³-hybridized carbons (Fsp3) is 0.579. The molecule has 1 aliphatic rings. The number of benzene rings is 1. The van der Waals surface area contributed by atoms with Crippen LogP contribution in [0.1, 0.15) is 52.0 Å². The van der Waals surface area contributed by atoms with E-state index in [-0.39, 0.29) is 83.8 Å². The third kappa shape index (κ3) is 21.2. The molecule has 0 saturated heterocycles. The van der Waals surface area contributed by atoms with E-state index in [4.69, 9.17) is 29.4 Å². The number of esters is 1. The minimum Gasteiger partial charge on any atom is -0.461 e. The average Bonchev–Trinajstić information content (AvgIpc) is 3.50. The predicted octanol–water partition coefficient (Wildman–Crippen LogP) is -0.350. The van der Waals surface area contributed by atoms with Crippen molar-refractivity contribution in [2.24, 2.45) is 11.7 Å². The van der Waals surface area contributed by atoms with Gasteiger partial charge in [0.1, 0.15) is 18.7 Å². The quantitative estimate of drug-likeness (QED) is 0.0330. The predicted molar refractivity (Wildman–Crippen MR) is 207 cm³/mol. The van der Waals surface area contributed by atoms with E-state index in [0.717, 1.165) is 10.5 Å². The Morgan fingerprint density at radius 2 is 1.29 bits per heavy atom. The van der Waals surface area contributed by atoms with Gasteiger partial charge in [0.15, 0.2) is 0 Å². The third-order valence-electron chi connectivity index (χ3n) is 8.15. The first-order valence-corrected chi connectivity index (χ1v) is 19.0. The molecule has 0 bridgehead atoms. The summed E-state index contributed by atoms with van der Waals surface area (Å²) >= 11 is 0. The minimum atomic E-state index is -1.01. The van der Waals surface area contributed by atoms with Crippen molar-refractivity contribution in [1.82, 2.24) is 26.2 Å². The standard InChI is InChI=1S/C38H57N7O13/c1-26(2)35(37(52)43-30(5-4-14-41-38(39)53)36(51)42-29-8-6-28(7-9-29)25-58-27(3)46)44-32(48)13-17-54-19-21-56-23-24-57-22-20-55-18-15-40-31(47)12-16-45-33(49)10-11-34(45)50/h6-11,26,30,35H,4-5,12-25H2,1-3H3,(H,40,47)(H,42,51)(H,43,52)(H,44,48)(H3,39,41,53)/t30-,35?/m0/s1. The number of carbonyl (C=O) groups is 8. The van der Waals surface area contributed by atoms with Gasteiger partial charge in [0, 0.05) is 57.2 Å². The van der Waals surface area contributed by atoms with E-state index in [9.17, 15) is 38.4 Å². The molecule has 1 aliphatic heterocycles. The lowest BCUT2D eigenvalue weighted by Crippen LogP contribution is -2.54. The molecule has 20 nitrogen and oxygen atoms in total. The lowest BCUT2D eigenvalue weighted by molar-refractivity contribution is -0.142. The fourth-order valence-electron chi connectivity index (χ4n) is 5.07. The van der Waals surface area contributed by atoms with Gasteiger partial charge in [-0.2, -0.15) is 0 Å². The van der Waals surface area contributed by atoms with Crippen LogP contribution in [-0.2, 0) is 63.9 Å². The van der Waals surface area contributed by atoms with Crippen molar-refractivity contribution in [3.63, 3.8) is 0 Å². The van der Waals surface area contributed by atoms with Gasteiger partial charge in [0.25, 0.3) is 11.8 Å². The summed E-state index contributed by atoms with van der Waals surface area (Å²) in [7, 11) is 0. The molecule has 0 aliphatic carbocycles. The van der Waals surface area contributed by atoms with Crippen LogP contribution >= 0.6 is 0 Å². The van der Waals surface area contributed by atoms with Gasteiger partial charge in [0.05, 0.1) is 52.9 Å². The topological polar surface area (TPSA) is 272 Å². The van der Waals surface area contributed by atoms with E-state index < -0.39 is 53.6 Å². The number of hydrogen-bond donors (Lipinski definition) is 6. The summed E-state index contributed by atoms with van der Waals surface area (Å²) in [5.41, 5.74) is 6.30. The van der Waals surface area contributed by atoms with Crippen LogP contribution in [0.4, 0.5) is 10.5 Å². The van der Waals surface area contributed by atoms with Crippen LogP contribution in [0.2, 0.25) is 0 Å². The van der Waals surface area contributed by atoms with Crippen LogP contribution in [0.25, 0.3) is 0 Å². The van der Waals surface area contributed by atoms with E-state index in [1.54, 1.807) is 38.1 Å². The van der Waals surface area contributed by atoms with E-state index in [2.05, 4.69) is 26.6 Å². The van der Waals surface area contributed by atoms with Crippen molar-refractivity contribution in [3.05, 3.63) is 42.0 Å². The van der Waals surface area contributed by atoms with Crippen LogP contribution in [0.3, 0.4) is 0 Å². The molecule has 1 unspecified atom stereocenters. The molecule has 0 aromatic heterocycles. The summed E-state index contributed by atoms with van der Waals surface area (Å²) < 4.78 is 26.8. The zero-order valence-electron chi connectivity index (χ0n) is 33.3. The molecule has 1 heterocycles. The first-order chi connectivity index (χ1) is 27.8. The first kappa shape index (κ1) is 48.7. The smallest absolute Gasteiger partial charge is 0.312 e. The second-order valence-corrected chi connectivity index (χ2v) is 13.2. The second-order valence-electron chi connectivity index (χ2n) is 13.2. The van der Waals surface area contributed by atoms with E-state index in [1.165, 1.54) is 19.1 Å². The Morgan fingerprint density at radius 3 is 1.86 bits per heavy atom. The largest absolute Gasteiger partial charge is 0.461 e. The van der Waals surface area contributed by atoms with Gasteiger partial charge in [-0.3, -0.25) is 38.5 Å². The van der Waals surface area contributed by atoms with Gasteiger partial charge < -0.3 is 56.0 Å². The second kappa shape index (κ2) is 28.0. The lowest BCUT2D eigenvalue weighted by atomic mass is 10.0. The molecule has 0 radical (unpaired) electrons. The molecule has 20 heteroatoms. The van der Waals surface area contributed by atoms with Gasteiger partial charge >= 0.3 is 12.0 Å². The Balaban J connectivity index is 1.60. The number of carbonyl (C=O) groups excluding carboxylic acids is 8. The average molecular weight is 820 g/mol. The van der Waals surface area contributed by atoms with Gasteiger partial charge in [0.2, 0.25) is 23.6 Å². The highest BCUT2D eigenvalue weighted by molar-refractivity contribution is 6.13. The van der Waals surface area contributed by atoms with Crippen LogP contribution in [0.5, 0.6) is 0 Å². The Labute approximate surface area is 337 Å². The first-order valence-electron chi connectivity index (χ1n) is 19.0. The van der Waals surface area contributed by atoms with Crippen molar-refractivity contribution >= 4 is 53.1 Å². The van der Waals surface area contributed by atoms with Gasteiger partial charge in [-0.15, -0.1) is 0 Å². The normalized spacial score (nSPS) is 13.2. The number of imide groups is 1. The maximum atomic E-state index is 13.4. The molecule has 1 aromatic carbocycles. The summed E-state index contributed by atoms with van der Waals surface area (Å²) in [6, 6.07) is 3.97. The maximum Gasteiger partial charge on any atom is 0.312 e. The number of urea groups is 1. The summed E-state index contributed by atoms with van der Waals surface area (Å²) in [6.07, 6.45) is 2.82. The number of ether oxygens (including phenoxy) is 5. The number of anilines is 1. The molecule has 2 atom stereocenters. The van der Waals surface area contributed by atoms with E-state index in [1.807, 2.05) is 0 Å². The van der Waals surface area contributed by atoms with Crippen molar-refractivity contribution in [1.29, 1.82) is 0 Å². The van der Waals surface area contributed by atoms with Crippen molar-refractivity contribution in [2.75, 3.05) is 77.8 Å². The van der Waals surface area contributed by atoms with Gasteiger partial charge in [-0.1, -0.05) is 26.0 Å². The molecule has 0 fully saturated rings. The lowest BCUT2D eigenvalue weighted by Gasteiger charge is -2.25. The molecule has 7 N–H and O–H groups in total. The molecular weight excluding hydrogens is 762 g/mol. The van der Waals surface area contributed by atoms with Gasteiger partial charge in [-0.05, 0) is 36.5 Å². The Bertz CT molecular complexity index is 1520. The summed E-state index contributed by atoms with van der Waals surface area (Å²) in [4.78, 5) is 97.4. The van der Waals surface area contributed by atoms with Crippen LogP contribution in [0, 0.1) is 5.92 Å². The van der Waals surface area contributed by atoms with Crippen molar-refractivity contribution in [2.45, 2.75) is 65.1 Å². The van der Waals surface area contributed by atoms with Crippen LogP contribution < -0.4 is 32.3 Å². The summed E-state index contributed by atoms with van der Waals surface area (Å²) in [5, 5.41) is 13.3. The Kier molecular flexibility index (Phi) is 23.5. The number of primary amides is 1. The van der Waals surface area contributed by atoms with Crippen LogP contribution in [-0.4, -0.2) is 137 Å². The van der Waals surface area contributed by atoms with Crippen molar-refractivity contribution < 1.29 is 62.0 Å². The molecule has 58 heavy (non-hydrogen) atoms. The molecule has 8 amide bonds. The zero-order chi connectivity index (χ0) is 42.7. The Morgan fingerprint density at radius 1 is 0.707 bits per heavy atom. The molecular formula is C38H57N7O13. The van der Waals surface area contributed by atoms with Crippen LogP contribution in [0.15, 0.2) is 36.4 Å². The molecule has 1 aromatic rings. The number of nitrogens with two attached hydrogens (primary N) is 1. The maximum absolute atomic E-state index is 13.4. The molecule has 322 valence electrons. The Hall–Kier alpha value is -5.44.